The minimum atomic E-state index is -5.08. The van der Waals surface area contributed by atoms with E-state index >= 15 is 0 Å². The van der Waals surface area contributed by atoms with Crippen molar-refractivity contribution in [3.63, 3.8) is 0 Å². The molecule has 5 aromatic rings. The second-order valence-corrected chi connectivity index (χ2v) is 8.00. The third-order valence-electron chi connectivity index (χ3n) is 5.25. The summed E-state index contributed by atoms with van der Waals surface area (Å²) >= 11 is 0. The average Bonchev–Trinajstić information content (AvgIpc) is 3.53. The van der Waals surface area contributed by atoms with Crippen LogP contribution in [0.2, 0.25) is 0 Å². The maximum Gasteiger partial charge on any atom is 0.490 e. The van der Waals surface area contributed by atoms with Crippen molar-refractivity contribution in [2.45, 2.75) is 19.3 Å². The molecule has 1 aromatic carbocycles. The number of carboxylic acid groups (broad SMARTS) is 1. The zero-order chi connectivity index (χ0) is 27.1. The number of aliphatic carboxylic acids is 1. The number of benzene rings is 1. The van der Waals surface area contributed by atoms with E-state index in [1.165, 1.54) is 5.56 Å². The molecule has 0 aliphatic heterocycles. The number of imidazole rings is 2. The molecule has 0 atom stereocenters. The van der Waals surface area contributed by atoms with Gasteiger partial charge in [-0.05, 0) is 29.3 Å². The Hall–Kier alpha value is -5.00. The van der Waals surface area contributed by atoms with Crippen LogP contribution < -0.4 is 5.32 Å². The number of nitrogens with one attached hydrogen (secondary N) is 1. The van der Waals surface area contributed by atoms with Crippen molar-refractivity contribution in [2.75, 3.05) is 0 Å². The minimum absolute atomic E-state index is 0.234. The van der Waals surface area contributed by atoms with Crippen LogP contribution in [-0.4, -0.2) is 47.1 Å². The van der Waals surface area contributed by atoms with E-state index in [-0.39, 0.29) is 5.91 Å². The van der Waals surface area contributed by atoms with E-state index in [1.54, 1.807) is 18.7 Å². The monoisotopic (exact) mass is 522 g/mol. The number of carbonyl (C=O) groups excluding carboxylic acids is 1. The fraction of sp³-hybridized carbons (Fsp3) is 0.115. The lowest BCUT2D eigenvalue weighted by Crippen LogP contribution is -2.23. The number of fused-ring (bicyclic) bond motifs is 1. The standard InChI is InChI=1S/C24H20N6O.C2HF3O2/c31-24(26-14-19-9-6-11-25-13-19)22-21-10-4-5-12-30(21)23(28-22)20-16-29(17-27-20)15-18-7-2-1-3-8-18;3-2(4,5)1(6)7/h1-13,16-17H,14-15H2,(H,26,31);(H,6,7). The molecule has 1 amide bonds. The Morgan fingerprint density at radius 3 is 2.37 bits per heavy atom. The molecule has 194 valence electrons. The molecule has 0 aliphatic rings. The molecule has 0 aliphatic carbocycles. The van der Waals surface area contributed by atoms with Crippen molar-refractivity contribution < 1.29 is 27.9 Å². The molecular formula is C26H21F3N6O3. The molecule has 2 N–H and O–H groups in total. The van der Waals surface area contributed by atoms with E-state index in [1.807, 2.05) is 69.9 Å². The highest BCUT2D eigenvalue weighted by Crippen LogP contribution is 2.22. The van der Waals surface area contributed by atoms with Gasteiger partial charge in [-0.25, -0.2) is 14.8 Å². The normalized spacial score (nSPS) is 11.0. The number of aromatic nitrogens is 5. The predicted molar refractivity (Wildman–Crippen MR) is 131 cm³/mol. The number of pyridine rings is 2. The molecule has 0 saturated carbocycles. The summed E-state index contributed by atoms with van der Waals surface area (Å²) in [4.78, 5) is 35.1. The lowest BCUT2D eigenvalue weighted by atomic mass is 10.2. The van der Waals surface area contributed by atoms with Gasteiger partial charge in [0.15, 0.2) is 11.5 Å². The first kappa shape index (κ1) is 26.1. The zero-order valence-electron chi connectivity index (χ0n) is 19.7. The number of rotatable bonds is 6. The van der Waals surface area contributed by atoms with Crippen LogP contribution >= 0.6 is 0 Å². The van der Waals surface area contributed by atoms with E-state index in [2.05, 4.69) is 32.4 Å². The molecule has 0 bridgehead atoms. The van der Waals surface area contributed by atoms with E-state index in [9.17, 15) is 18.0 Å². The molecule has 0 spiro atoms. The summed E-state index contributed by atoms with van der Waals surface area (Å²) in [5.41, 5.74) is 3.94. The van der Waals surface area contributed by atoms with Gasteiger partial charge in [0.1, 0.15) is 5.69 Å². The first-order valence-electron chi connectivity index (χ1n) is 11.2. The second kappa shape index (κ2) is 11.4. The van der Waals surface area contributed by atoms with E-state index in [0.717, 1.165) is 17.6 Å². The molecule has 9 nitrogen and oxygen atoms in total. The molecule has 4 aromatic heterocycles. The quantitative estimate of drug-likeness (QED) is 0.346. The summed E-state index contributed by atoms with van der Waals surface area (Å²) in [5.74, 6) is -2.36. The van der Waals surface area contributed by atoms with Crippen molar-refractivity contribution >= 4 is 17.4 Å². The van der Waals surface area contributed by atoms with Gasteiger partial charge in [-0.3, -0.25) is 14.2 Å². The summed E-state index contributed by atoms with van der Waals surface area (Å²) in [7, 11) is 0. The molecule has 0 unspecified atom stereocenters. The number of amides is 1. The van der Waals surface area contributed by atoms with Crippen molar-refractivity contribution in [1.29, 1.82) is 0 Å². The van der Waals surface area contributed by atoms with Crippen LogP contribution in [0.5, 0.6) is 0 Å². The lowest BCUT2D eigenvalue weighted by Gasteiger charge is -2.03. The van der Waals surface area contributed by atoms with E-state index in [4.69, 9.17) is 9.90 Å². The topological polar surface area (TPSA) is 114 Å². The Morgan fingerprint density at radius 2 is 1.68 bits per heavy atom. The van der Waals surface area contributed by atoms with Gasteiger partial charge in [-0.2, -0.15) is 13.2 Å². The first-order chi connectivity index (χ1) is 18.2. The van der Waals surface area contributed by atoms with Gasteiger partial charge >= 0.3 is 12.1 Å². The maximum atomic E-state index is 12.9. The molecule has 4 heterocycles. The highest BCUT2D eigenvalue weighted by molar-refractivity contribution is 5.99. The third kappa shape index (κ3) is 6.40. The van der Waals surface area contributed by atoms with Gasteiger partial charge in [0, 0.05) is 37.9 Å². The molecule has 38 heavy (non-hydrogen) atoms. The first-order valence-corrected chi connectivity index (χ1v) is 11.2. The molecule has 5 rings (SSSR count). The second-order valence-electron chi connectivity index (χ2n) is 8.00. The Bertz CT molecular complexity index is 1530. The summed E-state index contributed by atoms with van der Waals surface area (Å²) < 4.78 is 35.6. The number of alkyl halides is 3. The number of carbonyl (C=O) groups is 2. The van der Waals surface area contributed by atoms with Crippen molar-refractivity contribution in [3.05, 3.63) is 109 Å². The van der Waals surface area contributed by atoms with E-state index < -0.39 is 12.1 Å². The largest absolute Gasteiger partial charge is 0.490 e. The van der Waals surface area contributed by atoms with E-state index in [0.29, 0.717) is 23.8 Å². The lowest BCUT2D eigenvalue weighted by molar-refractivity contribution is -0.192. The Balaban J connectivity index is 0.000000426. The third-order valence-corrected chi connectivity index (χ3v) is 5.25. The van der Waals surface area contributed by atoms with Crippen LogP contribution in [0.25, 0.3) is 17.0 Å². The van der Waals surface area contributed by atoms with Gasteiger partial charge in [-0.1, -0.05) is 42.5 Å². The van der Waals surface area contributed by atoms with Crippen LogP contribution in [0.1, 0.15) is 21.6 Å². The summed E-state index contributed by atoms with van der Waals surface area (Å²) in [6.07, 6.45) is 3.99. The molecule has 0 saturated heterocycles. The van der Waals surface area contributed by atoms with Crippen molar-refractivity contribution in [2.24, 2.45) is 0 Å². The van der Waals surface area contributed by atoms with Gasteiger partial charge in [0.2, 0.25) is 0 Å². The Kier molecular flexibility index (Phi) is 7.80. The van der Waals surface area contributed by atoms with Gasteiger partial charge in [-0.15, -0.1) is 0 Å². The number of hydrogen-bond acceptors (Lipinski definition) is 5. The predicted octanol–water partition coefficient (Wildman–Crippen LogP) is 4.20. The highest BCUT2D eigenvalue weighted by Gasteiger charge is 2.38. The fourth-order valence-corrected chi connectivity index (χ4v) is 3.51. The number of carboxylic acids is 1. The zero-order valence-corrected chi connectivity index (χ0v) is 19.7. The summed E-state index contributed by atoms with van der Waals surface area (Å²) in [6.45, 7) is 1.11. The molecular weight excluding hydrogens is 501 g/mol. The van der Waals surface area contributed by atoms with Crippen LogP contribution in [-0.2, 0) is 17.9 Å². The smallest absolute Gasteiger partial charge is 0.475 e. The van der Waals surface area contributed by atoms with Crippen LogP contribution in [0.3, 0.4) is 0 Å². The van der Waals surface area contributed by atoms with Crippen LogP contribution in [0.15, 0.2) is 91.8 Å². The summed E-state index contributed by atoms with van der Waals surface area (Å²) in [5, 5.41) is 10.1. The van der Waals surface area contributed by atoms with Crippen molar-refractivity contribution in [3.8, 4) is 11.5 Å². The molecule has 0 radical (unpaired) electrons. The molecule has 12 heteroatoms. The van der Waals surface area contributed by atoms with Gasteiger partial charge in [0.05, 0.1) is 11.8 Å². The average molecular weight is 522 g/mol. The van der Waals surface area contributed by atoms with Crippen LogP contribution in [0, 0.1) is 0 Å². The summed E-state index contributed by atoms with van der Waals surface area (Å²) in [6, 6.07) is 19.7. The maximum absolute atomic E-state index is 12.9. The minimum Gasteiger partial charge on any atom is -0.475 e. The van der Waals surface area contributed by atoms with Gasteiger partial charge < -0.3 is 15.0 Å². The molecule has 0 fully saturated rings. The fourth-order valence-electron chi connectivity index (χ4n) is 3.51. The number of nitrogens with zero attached hydrogens (tertiary/aromatic N) is 5. The van der Waals surface area contributed by atoms with Gasteiger partial charge in [0.25, 0.3) is 5.91 Å². The Morgan fingerprint density at radius 1 is 0.974 bits per heavy atom. The number of halogens is 3. The highest BCUT2D eigenvalue weighted by atomic mass is 19.4. The van der Waals surface area contributed by atoms with Crippen LogP contribution in [0.4, 0.5) is 13.2 Å². The van der Waals surface area contributed by atoms with Crippen molar-refractivity contribution in [1.82, 2.24) is 29.2 Å². The Labute approximate surface area is 214 Å². The number of hydrogen-bond donors (Lipinski definition) is 2. The SMILES string of the molecule is O=C(NCc1cccnc1)c1nc(-c2cn(Cc3ccccc3)cn2)n2ccccc12.O=C(O)C(F)(F)F.